The number of amides is 1. The topological polar surface area (TPSA) is 100 Å². The second-order valence-electron chi connectivity index (χ2n) is 10.2. The van der Waals surface area contributed by atoms with Crippen LogP contribution in [0.15, 0.2) is 70.1 Å². The minimum Gasteiger partial charge on any atom is -0.478 e. The summed E-state index contributed by atoms with van der Waals surface area (Å²) in [4.78, 5) is 45.2. The van der Waals surface area contributed by atoms with Gasteiger partial charge in [-0.15, -0.1) is 0 Å². The molecule has 2 aromatic carbocycles. The van der Waals surface area contributed by atoms with Crippen LogP contribution in [0.5, 0.6) is 0 Å². The number of carboxylic acids is 1. The Bertz CT molecular complexity index is 1400. The minimum atomic E-state index is -1.03. The molecule has 0 spiro atoms. The third-order valence-electron chi connectivity index (χ3n) is 6.90. The normalized spacial score (nSPS) is 20.7. The summed E-state index contributed by atoms with van der Waals surface area (Å²) in [5, 5.41) is 9.39. The monoisotopic (exact) mass is 484 g/mol. The molecule has 1 aliphatic heterocycles. The molecule has 36 heavy (non-hydrogen) atoms. The van der Waals surface area contributed by atoms with Gasteiger partial charge in [-0.05, 0) is 48.2 Å². The molecule has 1 fully saturated rings. The van der Waals surface area contributed by atoms with Crippen LogP contribution in [-0.2, 0) is 9.59 Å². The van der Waals surface area contributed by atoms with Crippen LogP contribution in [0, 0.1) is 11.3 Å². The average molecular weight is 485 g/mol. The molecule has 1 aliphatic carbocycles. The molecule has 7 nitrogen and oxygen atoms in total. The highest BCUT2D eigenvalue weighted by Gasteiger charge is 2.48. The van der Waals surface area contributed by atoms with Gasteiger partial charge in [0.25, 0.3) is 0 Å². The van der Waals surface area contributed by atoms with E-state index in [1.54, 1.807) is 42.2 Å². The Labute approximate surface area is 209 Å². The second kappa shape index (κ2) is 8.90. The molecule has 1 amide bonds. The minimum absolute atomic E-state index is 0.0301. The number of ketones is 1. The molecule has 0 bridgehead atoms. The van der Waals surface area contributed by atoms with Crippen molar-refractivity contribution >= 4 is 34.7 Å². The fourth-order valence-corrected chi connectivity index (χ4v) is 5.34. The van der Waals surface area contributed by atoms with Gasteiger partial charge in [-0.1, -0.05) is 45.0 Å². The van der Waals surface area contributed by atoms with Gasteiger partial charge in [-0.2, -0.15) is 0 Å². The van der Waals surface area contributed by atoms with Crippen LogP contribution in [-0.4, -0.2) is 28.5 Å². The van der Waals surface area contributed by atoms with Crippen molar-refractivity contribution in [3.63, 3.8) is 0 Å². The predicted molar refractivity (Wildman–Crippen MR) is 137 cm³/mol. The lowest BCUT2D eigenvalue weighted by atomic mass is 9.68. The van der Waals surface area contributed by atoms with Gasteiger partial charge in [-0.25, -0.2) is 4.79 Å². The van der Waals surface area contributed by atoms with Gasteiger partial charge in [0.05, 0.1) is 22.9 Å². The van der Waals surface area contributed by atoms with Crippen LogP contribution in [0.1, 0.15) is 62.2 Å². The maximum Gasteiger partial charge on any atom is 0.335 e. The van der Waals surface area contributed by atoms with E-state index in [0.29, 0.717) is 41.3 Å². The molecule has 5 rings (SSSR count). The molecule has 1 saturated carbocycles. The highest BCUT2D eigenvalue weighted by atomic mass is 16.4. The fraction of sp³-hybridized carbons (Fsp3) is 0.310. The molecule has 1 N–H and O–H groups in total. The van der Waals surface area contributed by atoms with Crippen molar-refractivity contribution < 1.29 is 23.9 Å². The number of rotatable bonds is 4. The van der Waals surface area contributed by atoms with Gasteiger partial charge in [0.1, 0.15) is 23.3 Å². The van der Waals surface area contributed by atoms with E-state index in [0.717, 1.165) is 5.71 Å². The number of anilines is 1. The number of hydrogen-bond acceptors (Lipinski definition) is 5. The predicted octanol–water partition coefficient (Wildman–Crippen LogP) is 6.22. The molecular weight excluding hydrogens is 456 g/mol. The summed E-state index contributed by atoms with van der Waals surface area (Å²) in [6.45, 7) is 5.92. The number of benzene rings is 2. The van der Waals surface area contributed by atoms with Crippen molar-refractivity contribution in [3.8, 4) is 11.3 Å². The summed E-state index contributed by atoms with van der Waals surface area (Å²) in [7, 11) is 0. The van der Waals surface area contributed by atoms with Crippen LogP contribution >= 0.6 is 0 Å². The first-order valence-corrected chi connectivity index (χ1v) is 12.1. The maximum atomic E-state index is 13.7. The molecule has 184 valence electrons. The summed E-state index contributed by atoms with van der Waals surface area (Å²) < 4.78 is 6.29. The van der Waals surface area contributed by atoms with Gasteiger partial charge < -0.3 is 9.52 Å². The van der Waals surface area contributed by atoms with Gasteiger partial charge in [0.15, 0.2) is 0 Å². The Balaban J connectivity index is 1.68. The number of hydrogen-bond donors (Lipinski definition) is 1. The first-order valence-electron chi connectivity index (χ1n) is 12.1. The number of Topliss-reactive ketones (excluding diaryl/α,β-unsaturated/α-hetero) is 1. The average Bonchev–Trinajstić information content (AvgIpc) is 3.27. The van der Waals surface area contributed by atoms with Crippen LogP contribution in [0.2, 0.25) is 0 Å². The summed E-state index contributed by atoms with van der Waals surface area (Å²) in [5.41, 5.74) is 2.58. The lowest BCUT2D eigenvalue weighted by Gasteiger charge is -2.39. The fourth-order valence-electron chi connectivity index (χ4n) is 5.34. The number of carbonyl (C=O) groups excluding carboxylic acids is 2. The smallest absolute Gasteiger partial charge is 0.335 e. The van der Waals surface area contributed by atoms with Crippen molar-refractivity contribution in [2.45, 2.75) is 46.1 Å². The zero-order valence-electron chi connectivity index (χ0n) is 20.5. The third-order valence-corrected chi connectivity index (χ3v) is 6.90. The zero-order valence-corrected chi connectivity index (χ0v) is 20.5. The Kier molecular flexibility index (Phi) is 5.86. The molecule has 2 unspecified atom stereocenters. The number of para-hydroxylation sites is 2. The number of carboxylic acid groups (broad SMARTS) is 1. The summed E-state index contributed by atoms with van der Waals surface area (Å²) in [5.74, 6) is -0.827. The van der Waals surface area contributed by atoms with E-state index in [1.807, 2.05) is 24.3 Å². The largest absolute Gasteiger partial charge is 0.478 e. The van der Waals surface area contributed by atoms with Gasteiger partial charge in [-0.3, -0.25) is 19.5 Å². The van der Waals surface area contributed by atoms with E-state index in [1.165, 1.54) is 6.07 Å². The van der Waals surface area contributed by atoms with E-state index >= 15 is 0 Å². The molecule has 2 aliphatic rings. The SMILES string of the molecule is CCC(=O)N1c2ccccc2N=C2CC(C)(C)CC(=O)C2C1c1ccc(-c2cccc(C(=O)O)c2)o1. The van der Waals surface area contributed by atoms with Crippen LogP contribution < -0.4 is 4.90 Å². The quantitative estimate of drug-likeness (QED) is 0.474. The summed E-state index contributed by atoms with van der Waals surface area (Å²) in [6.07, 6.45) is 1.27. The maximum absolute atomic E-state index is 13.7. The molecule has 0 saturated heterocycles. The van der Waals surface area contributed by atoms with E-state index in [9.17, 15) is 19.5 Å². The van der Waals surface area contributed by atoms with Crippen molar-refractivity contribution in [1.29, 1.82) is 0 Å². The number of furan rings is 1. The highest BCUT2D eigenvalue weighted by Crippen LogP contribution is 2.48. The van der Waals surface area contributed by atoms with Gasteiger partial charge >= 0.3 is 5.97 Å². The van der Waals surface area contributed by atoms with Crippen molar-refractivity contribution in [1.82, 2.24) is 0 Å². The lowest BCUT2D eigenvalue weighted by molar-refractivity contribution is -0.125. The van der Waals surface area contributed by atoms with Crippen molar-refractivity contribution in [2.24, 2.45) is 16.3 Å². The number of aromatic carboxylic acids is 1. The molecule has 0 radical (unpaired) electrons. The lowest BCUT2D eigenvalue weighted by Crippen LogP contribution is -2.47. The Morgan fingerprint density at radius 3 is 2.61 bits per heavy atom. The van der Waals surface area contributed by atoms with Crippen molar-refractivity contribution in [2.75, 3.05) is 4.90 Å². The van der Waals surface area contributed by atoms with Crippen LogP contribution in [0.25, 0.3) is 11.3 Å². The van der Waals surface area contributed by atoms with E-state index in [2.05, 4.69) is 13.8 Å². The van der Waals surface area contributed by atoms with Crippen LogP contribution in [0.3, 0.4) is 0 Å². The first-order chi connectivity index (χ1) is 17.2. The Hall–Kier alpha value is -4.00. The number of aliphatic imine (C=N–C) groups is 1. The molecular formula is C29H28N2O5. The van der Waals surface area contributed by atoms with Gasteiger partial charge in [0, 0.05) is 24.1 Å². The molecule has 2 atom stereocenters. The summed E-state index contributed by atoms with van der Waals surface area (Å²) >= 11 is 0. The van der Waals surface area contributed by atoms with E-state index in [-0.39, 0.29) is 29.1 Å². The van der Waals surface area contributed by atoms with Gasteiger partial charge in [0.2, 0.25) is 5.91 Å². The molecule has 3 aromatic rings. The molecule has 7 heteroatoms. The molecule has 1 aromatic heterocycles. The zero-order chi connectivity index (χ0) is 25.6. The number of carbonyl (C=O) groups is 3. The highest BCUT2D eigenvalue weighted by molar-refractivity contribution is 6.13. The number of fused-ring (bicyclic) bond motifs is 2. The molecule has 2 heterocycles. The Morgan fingerprint density at radius 1 is 1.08 bits per heavy atom. The van der Waals surface area contributed by atoms with Crippen LogP contribution in [0.4, 0.5) is 11.4 Å². The third kappa shape index (κ3) is 4.15. The number of nitrogens with zero attached hydrogens (tertiary/aromatic N) is 2. The first kappa shape index (κ1) is 23.7. The standard InChI is InChI=1S/C29H28N2O5/c1-4-25(33)31-21-11-6-5-10-19(21)30-20-15-29(2,3)16-22(32)26(20)27(31)24-13-12-23(36-24)17-8-7-9-18(14-17)28(34)35/h5-14,26-27H,4,15-16H2,1-3H3,(H,34,35). The van der Waals surface area contributed by atoms with Crippen molar-refractivity contribution in [3.05, 3.63) is 72.0 Å². The van der Waals surface area contributed by atoms with E-state index < -0.39 is 17.9 Å². The Morgan fingerprint density at radius 2 is 1.86 bits per heavy atom. The summed E-state index contributed by atoms with van der Waals surface area (Å²) in [6, 6.07) is 16.8. The second-order valence-corrected chi connectivity index (χ2v) is 10.2. The van der Waals surface area contributed by atoms with E-state index in [4.69, 9.17) is 9.41 Å².